The van der Waals surface area contributed by atoms with E-state index in [2.05, 4.69) is 35.9 Å². The number of hydrogen-bond acceptors (Lipinski definition) is 7. The number of aliphatic hydroxyl groups is 1. The van der Waals surface area contributed by atoms with Crippen LogP contribution in [-0.4, -0.2) is 66.0 Å². The molecule has 5 aromatic rings. The molecule has 0 radical (unpaired) electrons. The van der Waals surface area contributed by atoms with Crippen molar-refractivity contribution in [2.45, 2.75) is 88.9 Å². The summed E-state index contributed by atoms with van der Waals surface area (Å²) < 4.78 is 1.95. The third-order valence-corrected chi connectivity index (χ3v) is 10.8. The predicted octanol–water partition coefficient (Wildman–Crippen LogP) is 4.82. The van der Waals surface area contributed by atoms with E-state index in [9.17, 15) is 19.5 Å². The number of aliphatic hydroxyl groups excluding tert-OH is 1. The van der Waals surface area contributed by atoms with E-state index in [1.165, 1.54) is 24.1 Å². The lowest BCUT2D eigenvalue weighted by Gasteiger charge is -2.31. The van der Waals surface area contributed by atoms with Crippen LogP contribution < -0.4 is 16.0 Å². The van der Waals surface area contributed by atoms with Gasteiger partial charge < -0.3 is 35.6 Å². The van der Waals surface area contributed by atoms with Gasteiger partial charge in [0.1, 0.15) is 12.1 Å². The molecule has 0 bridgehead atoms. The van der Waals surface area contributed by atoms with Crippen molar-refractivity contribution in [2.75, 3.05) is 6.54 Å². The number of aryl methyl sites for hydroxylation is 1. The highest BCUT2D eigenvalue weighted by atomic mass is 32.1. The Bertz CT molecular complexity index is 1800. The van der Waals surface area contributed by atoms with E-state index in [0.29, 0.717) is 44.0 Å². The Balaban J connectivity index is 1.18. The zero-order chi connectivity index (χ0) is 35.4. The highest BCUT2D eigenvalue weighted by molar-refractivity contribution is 7.10. The Morgan fingerprint density at radius 2 is 1.88 bits per heavy atom. The lowest BCUT2D eigenvalue weighted by Crippen LogP contribution is -2.53. The quantitative estimate of drug-likeness (QED) is 0.0712. The highest BCUT2D eigenvalue weighted by Gasteiger charge is 2.33. The second-order valence-corrected chi connectivity index (χ2v) is 14.6. The van der Waals surface area contributed by atoms with Gasteiger partial charge in [-0.15, -0.1) is 11.3 Å². The number of hydrogen-bond donors (Lipinski definition) is 6. The molecule has 0 spiro atoms. The summed E-state index contributed by atoms with van der Waals surface area (Å²) in [5.74, 6) is -1.37. The molecule has 4 atom stereocenters. The van der Waals surface area contributed by atoms with Gasteiger partial charge in [-0.2, -0.15) is 0 Å². The Morgan fingerprint density at radius 3 is 2.65 bits per heavy atom. The second kappa shape index (κ2) is 18.0. The summed E-state index contributed by atoms with van der Waals surface area (Å²) >= 11 is 1.46. The van der Waals surface area contributed by atoms with E-state index in [4.69, 9.17) is 0 Å². The zero-order valence-electron chi connectivity index (χ0n) is 28.8. The maximum absolute atomic E-state index is 14.2. The first-order valence-electron chi connectivity index (χ1n) is 18.0. The standard InChI is InChI=1S/C38H48N8O4S/c47-35(41-13-7-15-46-16-14-39-25-46)20-27(19-28-22-42-31-11-5-4-10-30(28)31)37(49)45-33(21-29-23-40-24-43-29)38(50)44-32(18-26-8-2-1-3-9-26)36(48)34-12-6-17-51-34/h4-6,10-12,14,16-17,22-27,32-33,36,42,48H,1-3,7-9,13,15,18-21H2,(H,40,43)(H,41,47)(H,44,50)(H,45,49)/t27-,32-,33+,36+/m1/s1. The van der Waals surface area contributed by atoms with Crippen LogP contribution >= 0.6 is 11.3 Å². The van der Waals surface area contributed by atoms with E-state index in [0.717, 1.165) is 47.0 Å². The molecule has 4 heterocycles. The number of carbonyl (C=O) groups is 3. The number of nitrogens with one attached hydrogen (secondary N) is 5. The molecule has 0 saturated heterocycles. The largest absolute Gasteiger partial charge is 0.385 e. The van der Waals surface area contributed by atoms with Gasteiger partial charge in [-0.25, -0.2) is 9.97 Å². The Morgan fingerprint density at radius 1 is 1.02 bits per heavy atom. The molecule has 13 heteroatoms. The van der Waals surface area contributed by atoms with Crippen LogP contribution in [0, 0.1) is 11.8 Å². The van der Waals surface area contributed by atoms with Crippen LogP contribution in [0.15, 0.2) is 79.2 Å². The lowest BCUT2D eigenvalue weighted by atomic mass is 9.83. The molecule has 12 nitrogen and oxygen atoms in total. The number of amides is 3. The van der Waals surface area contributed by atoms with Crippen molar-refractivity contribution in [3.8, 4) is 0 Å². The summed E-state index contributed by atoms with van der Waals surface area (Å²) in [6.07, 6.45) is 17.0. The van der Waals surface area contributed by atoms with Crippen molar-refractivity contribution in [3.05, 3.63) is 95.4 Å². The van der Waals surface area contributed by atoms with Crippen LogP contribution in [0.4, 0.5) is 0 Å². The third-order valence-electron chi connectivity index (χ3n) is 9.87. The summed E-state index contributed by atoms with van der Waals surface area (Å²) in [5.41, 5.74) is 2.47. The SMILES string of the molecule is O=C(C[C@@H](Cc1c[nH]c2ccccc12)C(=O)N[C@@H](Cc1c[nH]cn1)C(=O)N[C@H](CC1CCCCC1)[C@H](O)c1cccs1)NCCCn1ccnc1. The van der Waals surface area contributed by atoms with Crippen LogP contribution in [0.2, 0.25) is 0 Å². The van der Waals surface area contributed by atoms with Crippen molar-refractivity contribution >= 4 is 40.0 Å². The van der Waals surface area contributed by atoms with E-state index in [1.807, 2.05) is 58.7 Å². The second-order valence-electron chi connectivity index (χ2n) is 13.6. The Hall–Kier alpha value is -4.75. The number of para-hydroxylation sites is 1. The van der Waals surface area contributed by atoms with E-state index < -0.39 is 35.9 Å². The number of imidazole rings is 2. The van der Waals surface area contributed by atoms with Crippen molar-refractivity contribution in [2.24, 2.45) is 11.8 Å². The van der Waals surface area contributed by atoms with Gasteiger partial charge in [-0.05, 0) is 48.3 Å². The van der Waals surface area contributed by atoms with Crippen molar-refractivity contribution in [1.82, 2.24) is 40.5 Å². The molecule has 4 aromatic heterocycles. The van der Waals surface area contributed by atoms with Crippen molar-refractivity contribution in [3.63, 3.8) is 0 Å². The Kier molecular flexibility index (Phi) is 12.7. The average molecular weight is 713 g/mol. The fourth-order valence-corrected chi connectivity index (χ4v) is 7.90. The number of thiophene rings is 1. The topological polar surface area (TPSA) is 170 Å². The first kappa shape index (κ1) is 36.1. The molecule has 1 aliphatic carbocycles. The molecule has 270 valence electrons. The fraction of sp³-hybridized carbons (Fsp3) is 0.447. The number of rotatable bonds is 18. The van der Waals surface area contributed by atoms with Gasteiger partial charge in [-0.1, -0.05) is 56.4 Å². The van der Waals surface area contributed by atoms with Gasteiger partial charge in [0.05, 0.1) is 30.3 Å². The number of carbonyl (C=O) groups excluding carboxylic acids is 3. The predicted molar refractivity (Wildman–Crippen MR) is 197 cm³/mol. The Labute approximate surface area is 301 Å². The van der Waals surface area contributed by atoms with E-state index in [-0.39, 0.29) is 18.7 Å². The number of aromatic nitrogens is 5. The molecule has 1 saturated carbocycles. The average Bonchev–Trinajstić information content (AvgIpc) is 3.99. The first-order valence-corrected chi connectivity index (χ1v) is 18.9. The fourth-order valence-electron chi connectivity index (χ4n) is 7.13. The minimum atomic E-state index is -0.978. The maximum Gasteiger partial charge on any atom is 0.243 e. The van der Waals surface area contributed by atoms with E-state index >= 15 is 0 Å². The van der Waals surface area contributed by atoms with E-state index in [1.54, 1.807) is 18.7 Å². The summed E-state index contributed by atoms with van der Waals surface area (Å²) in [4.78, 5) is 57.1. The molecular formula is C38H48N8O4S. The van der Waals surface area contributed by atoms with Crippen molar-refractivity contribution in [1.29, 1.82) is 0 Å². The molecule has 1 aliphatic rings. The normalized spacial score (nSPS) is 15.9. The molecule has 51 heavy (non-hydrogen) atoms. The summed E-state index contributed by atoms with van der Waals surface area (Å²) in [6, 6.07) is 10.1. The minimum absolute atomic E-state index is 0.0471. The molecule has 6 rings (SSSR count). The number of nitrogens with zero attached hydrogens (tertiary/aromatic N) is 3. The van der Waals surface area contributed by atoms with Gasteiger partial charge in [0, 0.05) is 66.5 Å². The molecule has 3 amide bonds. The molecule has 0 aliphatic heterocycles. The van der Waals surface area contributed by atoms with Gasteiger partial charge >= 0.3 is 0 Å². The lowest BCUT2D eigenvalue weighted by molar-refractivity contribution is -0.133. The number of fused-ring (bicyclic) bond motifs is 1. The number of benzene rings is 1. The van der Waals surface area contributed by atoms with Crippen LogP contribution in [0.3, 0.4) is 0 Å². The summed E-state index contributed by atoms with van der Waals surface area (Å²) in [5, 5.41) is 23.5. The van der Waals surface area contributed by atoms with Gasteiger partial charge in [-0.3, -0.25) is 14.4 Å². The highest BCUT2D eigenvalue weighted by Crippen LogP contribution is 2.32. The van der Waals surface area contributed by atoms with Crippen LogP contribution in [0.1, 0.15) is 73.6 Å². The molecule has 0 unspecified atom stereocenters. The summed E-state index contributed by atoms with van der Waals surface area (Å²) in [7, 11) is 0. The van der Waals surface area contributed by atoms with Gasteiger partial charge in [0.25, 0.3) is 0 Å². The molecule has 1 fully saturated rings. The summed E-state index contributed by atoms with van der Waals surface area (Å²) in [6.45, 7) is 1.17. The van der Waals surface area contributed by atoms with Gasteiger partial charge in [0.15, 0.2) is 0 Å². The van der Waals surface area contributed by atoms with Crippen LogP contribution in [0.5, 0.6) is 0 Å². The van der Waals surface area contributed by atoms with Crippen molar-refractivity contribution < 1.29 is 19.5 Å². The maximum atomic E-state index is 14.2. The van der Waals surface area contributed by atoms with Crippen LogP contribution in [-0.2, 0) is 33.8 Å². The molecule has 1 aromatic carbocycles. The number of aromatic amines is 2. The number of H-pyrrole nitrogens is 2. The zero-order valence-corrected chi connectivity index (χ0v) is 29.6. The van der Waals surface area contributed by atoms with Crippen LogP contribution in [0.25, 0.3) is 10.9 Å². The third kappa shape index (κ3) is 10.2. The minimum Gasteiger partial charge on any atom is -0.385 e. The van der Waals surface area contributed by atoms with Gasteiger partial charge in [0.2, 0.25) is 17.7 Å². The smallest absolute Gasteiger partial charge is 0.243 e. The first-order chi connectivity index (χ1) is 24.9. The monoisotopic (exact) mass is 712 g/mol. The molecular weight excluding hydrogens is 665 g/mol. The molecule has 6 N–H and O–H groups in total.